The highest BCUT2D eigenvalue weighted by Gasteiger charge is 2.14. The molecule has 144 valence electrons. The van der Waals surface area contributed by atoms with Gasteiger partial charge in [-0.05, 0) is 24.0 Å². The van der Waals surface area contributed by atoms with Crippen LogP contribution in [0.4, 0.5) is 0 Å². The molecule has 2 rings (SSSR count). The summed E-state index contributed by atoms with van der Waals surface area (Å²) in [7, 11) is 0. The third-order valence-electron chi connectivity index (χ3n) is 4.45. The first-order chi connectivity index (χ1) is 13.2. The van der Waals surface area contributed by atoms with Crippen LogP contribution in [0.1, 0.15) is 49.7 Å². The highest BCUT2D eigenvalue weighted by Crippen LogP contribution is 2.14. The zero-order valence-corrected chi connectivity index (χ0v) is 15.6. The second kappa shape index (κ2) is 11.9. The van der Waals surface area contributed by atoms with Gasteiger partial charge in [-0.2, -0.15) is 0 Å². The normalized spacial score (nSPS) is 10.4. The van der Waals surface area contributed by atoms with Gasteiger partial charge in [-0.3, -0.25) is 14.8 Å². The molecule has 0 unspecified atom stereocenters. The Morgan fingerprint density at radius 1 is 0.741 bits per heavy atom. The standard InChI is InChI=1S/C22H28N2O3/c25-21(23-27)15-9-1-2-10-16-22(26)24(17-19-11-5-3-6-12-19)18-20-13-7-4-8-14-20/h3-8,11-14,27H,1-2,9-10,15-18H2,(H,23,25). The molecule has 2 amide bonds. The van der Waals surface area contributed by atoms with Gasteiger partial charge in [-0.15, -0.1) is 0 Å². The summed E-state index contributed by atoms with van der Waals surface area (Å²) in [6.45, 7) is 1.20. The maximum absolute atomic E-state index is 12.8. The van der Waals surface area contributed by atoms with Crippen molar-refractivity contribution in [2.24, 2.45) is 0 Å². The minimum Gasteiger partial charge on any atom is -0.334 e. The van der Waals surface area contributed by atoms with Crippen molar-refractivity contribution in [3.63, 3.8) is 0 Å². The molecule has 0 aliphatic carbocycles. The number of nitrogens with one attached hydrogen (secondary N) is 1. The number of hydrogen-bond acceptors (Lipinski definition) is 3. The van der Waals surface area contributed by atoms with Crippen LogP contribution in [0.15, 0.2) is 60.7 Å². The number of hydrogen-bond donors (Lipinski definition) is 2. The average molecular weight is 368 g/mol. The van der Waals surface area contributed by atoms with E-state index in [2.05, 4.69) is 0 Å². The summed E-state index contributed by atoms with van der Waals surface area (Å²) in [5.74, 6) is -0.209. The Hall–Kier alpha value is -2.66. The topological polar surface area (TPSA) is 69.6 Å². The van der Waals surface area contributed by atoms with Crippen LogP contribution in [-0.2, 0) is 22.7 Å². The van der Waals surface area contributed by atoms with E-state index in [1.54, 1.807) is 5.48 Å². The van der Waals surface area contributed by atoms with Crippen molar-refractivity contribution in [2.45, 2.75) is 51.6 Å². The number of amides is 2. The Labute approximate surface area is 161 Å². The van der Waals surface area contributed by atoms with Gasteiger partial charge in [-0.1, -0.05) is 73.5 Å². The Kier molecular flexibility index (Phi) is 9.07. The number of nitrogens with zero attached hydrogens (tertiary/aromatic N) is 1. The molecule has 0 aromatic heterocycles. The zero-order valence-electron chi connectivity index (χ0n) is 15.6. The van der Waals surface area contributed by atoms with E-state index >= 15 is 0 Å². The first kappa shape index (κ1) is 20.6. The van der Waals surface area contributed by atoms with Crippen LogP contribution in [0.25, 0.3) is 0 Å². The molecular weight excluding hydrogens is 340 g/mol. The molecule has 2 aromatic rings. The number of carbonyl (C=O) groups is 2. The SMILES string of the molecule is O=C(CCCCCCC(=O)N(Cc1ccccc1)Cc1ccccc1)NO. The number of carbonyl (C=O) groups excluding carboxylic acids is 2. The van der Waals surface area contributed by atoms with Gasteiger partial charge in [0.2, 0.25) is 11.8 Å². The van der Waals surface area contributed by atoms with E-state index in [1.165, 1.54) is 0 Å². The summed E-state index contributed by atoms with van der Waals surface area (Å²) >= 11 is 0. The summed E-state index contributed by atoms with van der Waals surface area (Å²) in [6, 6.07) is 20.1. The molecule has 0 saturated heterocycles. The van der Waals surface area contributed by atoms with Gasteiger partial charge in [0.25, 0.3) is 0 Å². The fourth-order valence-corrected chi connectivity index (χ4v) is 2.97. The molecule has 5 heteroatoms. The van der Waals surface area contributed by atoms with Gasteiger partial charge < -0.3 is 4.90 Å². The number of benzene rings is 2. The fraction of sp³-hybridized carbons (Fsp3) is 0.364. The van der Waals surface area contributed by atoms with E-state index in [0.717, 1.165) is 36.8 Å². The molecule has 0 radical (unpaired) electrons. The smallest absolute Gasteiger partial charge is 0.243 e. The molecule has 0 bridgehead atoms. The predicted molar refractivity (Wildman–Crippen MR) is 105 cm³/mol. The van der Waals surface area contributed by atoms with Gasteiger partial charge in [0.05, 0.1) is 0 Å². The lowest BCUT2D eigenvalue weighted by Gasteiger charge is -2.23. The van der Waals surface area contributed by atoms with Crippen LogP contribution >= 0.6 is 0 Å². The third-order valence-corrected chi connectivity index (χ3v) is 4.45. The first-order valence-corrected chi connectivity index (χ1v) is 9.47. The lowest BCUT2D eigenvalue weighted by Crippen LogP contribution is -2.29. The van der Waals surface area contributed by atoms with Gasteiger partial charge >= 0.3 is 0 Å². The van der Waals surface area contributed by atoms with Gasteiger partial charge in [-0.25, -0.2) is 5.48 Å². The van der Waals surface area contributed by atoms with E-state index in [4.69, 9.17) is 5.21 Å². The molecule has 0 saturated carbocycles. The molecule has 0 atom stereocenters. The maximum atomic E-state index is 12.8. The van der Waals surface area contributed by atoms with Crippen molar-refractivity contribution in [1.82, 2.24) is 10.4 Å². The maximum Gasteiger partial charge on any atom is 0.243 e. The lowest BCUT2D eigenvalue weighted by molar-refractivity contribution is -0.132. The first-order valence-electron chi connectivity index (χ1n) is 9.47. The second-order valence-electron chi connectivity index (χ2n) is 6.67. The van der Waals surface area contributed by atoms with Gasteiger partial charge in [0.15, 0.2) is 0 Å². The molecular formula is C22H28N2O3. The molecule has 0 spiro atoms. The number of rotatable bonds is 11. The quantitative estimate of drug-likeness (QED) is 0.357. The fourth-order valence-electron chi connectivity index (χ4n) is 2.97. The van der Waals surface area contributed by atoms with Crippen molar-refractivity contribution in [2.75, 3.05) is 0 Å². The van der Waals surface area contributed by atoms with Crippen LogP contribution in [0, 0.1) is 0 Å². The highest BCUT2D eigenvalue weighted by atomic mass is 16.5. The molecule has 5 nitrogen and oxygen atoms in total. The molecule has 27 heavy (non-hydrogen) atoms. The second-order valence-corrected chi connectivity index (χ2v) is 6.67. The third kappa shape index (κ3) is 8.05. The van der Waals surface area contributed by atoms with Gasteiger partial charge in [0, 0.05) is 25.9 Å². The minimum atomic E-state index is -0.358. The van der Waals surface area contributed by atoms with Crippen LogP contribution in [-0.4, -0.2) is 21.9 Å². The van der Waals surface area contributed by atoms with Crippen molar-refractivity contribution in [3.8, 4) is 0 Å². The summed E-state index contributed by atoms with van der Waals surface area (Å²) in [5.41, 5.74) is 3.88. The Morgan fingerprint density at radius 2 is 1.22 bits per heavy atom. The van der Waals surface area contributed by atoms with Crippen LogP contribution in [0.5, 0.6) is 0 Å². The van der Waals surface area contributed by atoms with Crippen LogP contribution in [0.2, 0.25) is 0 Å². The van der Waals surface area contributed by atoms with E-state index in [1.807, 2.05) is 65.6 Å². The molecule has 0 aliphatic rings. The molecule has 0 fully saturated rings. The Balaban J connectivity index is 1.84. The number of unbranched alkanes of at least 4 members (excludes halogenated alkanes) is 3. The summed E-state index contributed by atoms with van der Waals surface area (Å²) in [4.78, 5) is 25.6. The highest BCUT2D eigenvalue weighted by molar-refractivity contribution is 5.76. The average Bonchev–Trinajstić information content (AvgIpc) is 2.71. The molecule has 0 heterocycles. The monoisotopic (exact) mass is 368 g/mol. The van der Waals surface area contributed by atoms with E-state index in [-0.39, 0.29) is 11.8 Å². The zero-order chi connectivity index (χ0) is 19.3. The Morgan fingerprint density at radius 3 is 1.70 bits per heavy atom. The Bertz CT molecular complexity index is 648. The molecule has 2 N–H and O–H groups in total. The van der Waals surface area contributed by atoms with Crippen molar-refractivity contribution >= 4 is 11.8 Å². The summed E-state index contributed by atoms with van der Waals surface area (Å²) in [5, 5.41) is 8.46. The largest absolute Gasteiger partial charge is 0.334 e. The van der Waals surface area contributed by atoms with E-state index < -0.39 is 0 Å². The minimum absolute atomic E-state index is 0.149. The van der Waals surface area contributed by atoms with Crippen molar-refractivity contribution < 1.29 is 14.8 Å². The molecule has 2 aromatic carbocycles. The van der Waals surface area contributed by atoms with Crippen LogP contribution in [0.3, 0.4) is 0 Å². The van der Waals surface area contributed by atoms with Crippen LogP contribution < -0.4 is 5.48 Å². The van der Waals surface area contributed by atoms with E-state index in [9.17, 15) is 9.59 Å². The number of hydroxylamine groups is 1. The van der Waals surface area contributed by atoms with Gasteiger partial charge in [0.1, 0.15) is 0 Å². The van der Waals surface area contributed by atoms with Crippen molar-refractivity contribution in [1.29, 1.82) is 0 Å². The summed E-state index contributed by atoms with van der Waals surface area (Å²) in [6.07, 6.45) is 4.12. The summed E-state index contributed by atoms with van der Waals surface area (Å²) < 4.78 is 0. The molecule has 0 aliphatic heterocycles. The van der Waals surface area contributed by atoms with E-state index in [0.29, 0.717) is 25.9 Å². The predicted octanol–water partition coefficient (Wildman–Crippen LogP) is 4.06. The lowest BCUT2D eigenvalue weighted by atomic mass is 10.1. The van der Waals surface area contributed by atoms with Crippen molar-refractivity contribution in [3.05, 3.63) is 71.8 Å².